The Morgan fingerprint density at radius 1 is 1.09 bits per heavy atom. The van der Waals surface area contributed by atoms with Crippen LogP contribution in [0.15, 0.2) is 18.2 Å². The van der Waals surface area contributed by atoms with Crippen LogP contribution in [0.3, 0.4) is 0 Å². The van der Waals surface area contributed by atoms with Crippen LogP contribution in [0.4, 0.5) is 0 Å². The highest BCUT2D eigenvalue weighted by Crippen LogP contribution is 2.16. The summed E-state index contributed by atoms with van der Waals surface area (Å²) in [6.07, 6.45) is 0.643. The molecule has 1 saturated heterocycles. The van der Waals surface area contributed by atoms with Crippen LogP contribution in [0, 0.1) is 13.8 Å². The molecule has 0 radical (unpaired) electrons. The number of hydrogen-bond acceptors (Lipinski definition) is 3. The molecular weight excluding hydrogens is 314 g/mol. The standard InChI is InChI=1S/C16H25N3O3S/c1-13-6-7-14(2)15(12-13)16(20)18-8-5-9-19(11-10-18)23(21,22)17(3)4/h6-7,12H,5,8-11H2,1-4H3. The van der Waals surface area contributed by atoms with Crippen LogP contribution in [-0.4, -0.2) is 68.1 Å². The van der Waals surface area contributed by atoms with Crippen LogP contribution in [0.2, 0.25) is 0 Å². The molecule has 23 heavy (non-hydrogen) atoms. The van der Waals surface area contributed by atoms with Crippen LogP contribution in [0.1, 0.15) is 27.9 Å². The molecule has 2 rings (SSSR count). The summed E-state index contributed by atoms with van der Waals surface area (Å²) in [5.41, 5.74) is 2.70. The maximum atomic E-state index is 12.8. The van der Waals surface area contributed by atoms with Gasteiger partial charge in [0.25, 0.3) is 16.1 Å². The van der Waals surface area contributed by atoms with Gasteiger partial charge in [-0.05, 0) is 31.9 Å². The summed E-state index contributed by atoms with van der Waals surface area (Å²) in [7, 11) is -0.369. The van der Waals surface area contributed by atoms with E-state index >= 15 is 0 Å². The fourth-order valence-electron chi connectivity index (χ4n) is 2.70. The number of amides is 1. The fraction of sp³-hybridized carbons (Fsp3) is 0.562. The van der Waals surface area contributed by atoms with E-state index in [0.717, 1.165) is 11.1 Å². The first-order valence-corrected chi connectivity index (χ1v) is 9.17. The number of carbonyl (C=O) groups excluding carboxylic acids is 1. The van der Waals surface area contributed by atoms with E-state index in [9.17, 15) is 13.2 Å². The van der Waals surface area contributed by atoms with E-state index in [1.165, 1.54) is 22.7 Å². The zero-order valence-electron chi connectivity index (χ0n) is 14.2. The molecule has 0 spiro atoms. The summed E-state index contributed by atoms with van der Waals surface area (Å²) >= 11 is 0. The molecule has 0 aromatic heterocycles. The van der Waals surface area contributed by atoms with Crippen LogP contribution in [0.5, 0.6) is 0 Å². The molecule has 0 unspecified atom stereocenters. The average Bonchev–Trinajstić information content (AvgIpc) is 2.75. The summed E-state index contributed by atoms with van der Waals surface area (Å²) < 4.78 is 27.1. The van der Waals surface area contributed by atoms with Crippen LogP contribution in [0.25, 0.3) is 0 Å². The van der Waals surface area contributed by atoms with Crippen molar-refractivity contribution in [3.05, 3.63) is 34.9 Å². The van der Waals surface area contributed by atoms with Gasteiger partial charge in [-0.25, -0.2) is 0 Å². The van der Waals surface area contributed by atoms with E-state index in [2.05, 4.69) is 0 Å². The molecule has 1 aliphatic rings. The van der Waals surface area contributed by atoms with Crippen molar-refractivity contribution in [3.8, 4) is 0 Å². The molecule has 1 aromatic rings. The van der Waals surface area contributed by atoms with Crippen molar-refractivity contribution in [2.75, 3.05) is 40.3 Å². The minimum Gasteiger partial charge on any atom is -0.337 e. The average molecular weight is 339 g/mol. The highest BCUT2D eigenvalue weighted by Gasteiger charge is 2.28. The first kappa shape index (κ1) is 17.9. The Labute approximate surface area is 138 Å². The highest BCUT2D eigenvalue weighted by molar-refractivity contribution is 7.86. The second-order valence-electron chi connectivity index (χ2n) is 6.15. The van der Waals surface area contributed by atoms with Gasteiger partial charge in [0.2, 0.25) is 0 Å². The Morgan fingerprint density at radius 2 is 1.78 bits per heavy atom. The first-order valence-electron chi connectivity index (χ1n) is 7.77. The maximum absolute atomic E-state index is 12.8. The lowest BCUT2D eigenvalue weighted by molar-refractivity contribution is 0.0763. The largest absolute Gasteiger partial charge is 0.337 e. The Morgan fingerprint density at radius 3 is 2.43 bits per heavy atom. The number of aryl methyl sites for hydroxylation is 2. The lowest BCUT2D eigenvalue weighted by Gasteiger charge is -2.24. The smallest absolute Gasteiger partial charge is 0.281 e. The molecule has 0 saturated carbocycles. The van der Waals surface area contributed by atoms with Crippen molar-refractivity contribution in [1.29, 1.82) is 0 Å². The predicted molar refractivity (Wildman–Crippen MR) is 90.6 cm³/mol. The van der Waals surface area contributed by atoms with Crippen LogP contribution >= 0.6 is 0 Å². The molecular formula is C16H25N3O3S. The Kier molecular flexibility index (Phi) is 5.44. The second kappa shape index (κ2) is 6.98. The molecule has 1 amide bonds. The van der Waals surface area contributed by atoms with E-state index < -0.39 is 10.2 Å². The van der Waals surface area contributed by atoms with Gasteiger partial charge in [-0.1, -0.05) is 17.7 Å². The van der Waals surface area contributed by atoms with Gasteiger partial charge in [0.15, 0.2) is 0 Å². The van der Waals surface area contributed by atoms with Gasteiger partial charge < -0.3 is 4.90 Å². The summed E-state index contributed by atoms with van der Waals surface area (Å²) in [5.74, 6) is -0.0182. The third-order valence-electron chi connectivity index (χ3n) is 4.15. The molecule has 1 aliphatic heterocycles. The van der Waals surface area contributed by atoms with Gasteiger partial charge in [0.05, 0.1) is 0 Å². The lowest BCUT2D eigenvalue weighted by Crippen LogP contribution is -2.42. The number of nitrogens with zero attached hydrogens (tertiary/aromatic N) is 3. The van der Waals surface area contributed by atoms with Crippen molar-refractivity contribution in [1.82, 2.24) is 13.5 Å². The van der Waals surface area contributed by atoms with Gasteiger partial charge in [-0.3, -0.25) is 4.79 Å². The predicted octanol–water partition coefficient (Wildman–Crippen LogP) is 1.26. The molecule has 128 valence electrons. The Bertz CT molecular complexity index is 686. The van der Waals surface area contributed by atoms with Crippen LogP contribution in [-0.2, 0) is 10.2 Å². The van der Waals surface area contributed by atoms with Crippen molar-refractivity contribution < 1.29 is 13.2 Å². The van der Waals surface area contributed by atoms with E-state index in [4.69, 9.17) is 0 Å². The second-order valence-corrected chi connectivity index (χ2v) is 8.30. The summed E-state index contributed by atoms with van der Waals surface area (Å²) in [6.45, 7) is 5.65. The molecule has 0 aliphatic carbocycles. The monoisotopic (exact) mass is 339 g/mol. The first-order chi connectivity index (χ1) is 10.7. The van der Waals surface area contributed by atoms with Crippen molar-refractivity contribution >= 4 is 16.1 Å². The number of hydrogen-bond donors (Lipinski definition) is 0. The summed E-state index contributed by atoms with van der Waals surface area (Å²) in [4.78, 5) is 14.5. The van der Waals surface area contributed by atoms with Gasteiger partial charge in [-0.2, -0.15) is 17.0 Å². The van der Waals surface area contributed by atoms with Gasteiger partial charge >= 0.3 is 0 Å². The normalized spacial score (nSPS) is 17.3. The van der Waals surface area contributed by atoms with E-state index in [-0.39, 0.29) is 5.91 Å². The molecule has 1 fully saturated rings. The molecule has 0 bridgehead atoms. The maximum Gasteiger partial charge on any atom is 0.281 e. The highest BCUT2D eigenvalue weighted by atomic mass is 32.2. The zero-order valence-corrected chi connectivity index (χ0v) is 15.1. The molecule has 0 N–H and O–H groups in total. The summed E-state index contributed by atoms with van der Waals surface area (Å²) in [5, 5.41) is 0. The van der Waals surface area contributed by atoms with Gasteiger partial charge in [0.1, 0.15) is 0 Å². The van der Waals surface area contributed by atoms with E-state index in [0.29, 0.717) is 38.2 Å². The topological polar surface area (TPSA) is 60.9 Å². The van der Waals surface area contributed by atoms with Crippen molar-refractivity contribution in [2.45, 2.75) is 20.3 Å². The van der Waals surface area contributed by atoms with Crippen molar-refractivity contribution in [3.63, 3.8) is 0 Å². The van der Waals surface area contributed by atoms with Crippen molar-refractivity contribution in [2.24, 2.45) is 0 Å². The minimum atomic E-state index is -3.42. The van der Waals surface area contributed by atoms with Gasteiger partial charge in [-0.15, -0.1) is 0 Å². The molecule has 1 aromatic carbocycles. The molecule has 7 heteroatoms. The Balaban J connectivity index is 2.14. The Hall–Kier alpha value is -1.44. The molecule has 6 nitrogen and oxygen atoms in total. The van der Waals surface area contributed by atoms with Gasteiger partial charge in [0, 0.05) is 45.8 Å². The van der Waals surface area contributed by atoms with E-state index in [1.807, 2.05) is 32.0 Å². The third kappa shape index (κ3) is 3.91. The quantitative estimate of drug-likeness (QED) is 0.833. The SMILES string of the molecule is Cc1ccc(C)c(C(=O)N2CCCN(S(=O)(=O)N(C)C)CC2)c1. The van der Waals surface area contributed by atoms with E-state index in [1.54, 1.807) is 4.90 Å². The fourth-order valence-corrected chi connectivity index (χ4v) is 3.83. The number of carbonyl (C=O) groups is 1. The molecule has 0 atom stereocenters. The van der Waals surface area contributed by atoms with Crippen LogP contribution < -0.4 is 0 Å². The molecule has 1 heterocycles. The number of rotatable bonds is 3. The third-order valence-corrected chi connectivity index (χ3v) is 6.09. The zero-order chi connectivity index (χ0) is 17.2. The lowest BCUT2D eigenvalue weighted by atomic mass is 10.0. The minimum absolute atomic E-state index is 0.0182. The number of benzene rings is 1. The summed E-state index contributed by atoms with van der Waals surface area (Å²) in [6, 6.07) is 5.83.